The average Bonchev–Trinajstić information content (AvgIpc) is 2.35. The highest BCUT2D eigenvalue weighted by Gasteiger charge is 1.91. The van der Waals surface area contributed by atoms with Crippen molar-refractivity contribution in [3.63, 3.8) is 0 Å². The van der Waals surface area contributed by atoms with Crippen LogP contribution in [0.5, 0.6) is 0 Å². The Hall–Kier alpha value is -3.36. The maximum absolute atomic E-state index is 7.97. The minimum absolute atomic E-state index is 0.229. The van der Waals surface area contributed by atoms with E-state index in [1.165, 1.54) is 24.3 Å². The lowest BCUT2D eigenvalue weighted by molar-refractivity contribution is 1.27. The van der Waals surface area contributed by atoms with Crippen molar-refractivity contribution in [2.45, 2.75) is 0 Å². The predicted octanol–water partition coefficient (Wildman–Crippen LogP) is -1.67. The molecule has 8 nitrogen and oxygen atoms in total. The number of rotatable bonds is 0. The molecule has 16 heavy (non-hydrogen) atoms. The second kappa shape index (κ2) is 8.25. The van der Waals surface area contributed by atoms with E-state index >= 15 is 0 Å². The van der Waals surface area contributed by atoms with Gasteiger partial charge in [-0.05, 0) is 0 Å². The highest BCUT2D eigenvalue weighted by Crippen LogP contribution is 1.83. The summed E-state index contributed by atoms with van der Waals surface area (Å²) in [6.45, 7) is 0. The number of nitrogens with zero attached hydrogens (tertiary/aromatic N) is 4. The van der Waals surface area contributed by atoms with Gasteiger partial charge in [-0.3, -0.25) is 0 Å². The fourth-order valence-corrected chi connectivity index (χ4v) is 0.241. The Labute approximate surface area is 91.9 Å². The molecule has 80 valence electrons. The van der Waals surface area contributed by atoms with E-state index in [9.17, 15) is 0 Å². The molecule has 0 aromatic heterocycles. The molecule has 0 saturated heterocycles. The van der Waals surface area contributed by atoms with Gasteiger partial charge < -0.3 is 22.9 Å². The standard InChI is InChI=1S/2C4H4N4/c2*5-1-3(7)4(8)2-6/h2*7-8H2. The van der Waals surface area contributed by atoms with Crippen molar-refractivity contribution in [1.29, 1.82) is 21.0 Å². The molecule has 0 aliphatic carbocycles. The lowest BCUT2D eigenvalue weighted by Crippen LogP contribution is -2.05. The van der Waals surface area contributed by atoms with Crippen molar-refractivity contribution in [2.75, 3.05) is 0 Å². The third kappa shape index (κ3) is 6.19. The normalized spacial score (nSPS) is 10.8. The second-order valence-corrected chi connectivity index (χ2v) is 2.10. The molecular weight excluding hydrogens is 208 g/mol. The van der Waals surface area contributed by atoms with Crippen LogP contribution in [0.4, 0.5) is 0 Å². The molecule has 8 N–H and O–H groups in total. The zero-order valence-corrected chi connectivity index (χ0v) is 8.10. The van der Waals surface area contributed by atoms with Gasteiger partial charge in [0.1, 0.15) is 47.1 Å². The Morgan fingerprint density at radius 1 is 0.500 bits per heavy atom. The van der Waals surface area contributed by atoms with Gasteiger partial charge in [-0.1, -0.05) is 0 Å². The Bertz CT molecular complexity index is 380. The van der Waals surface area contributed by atoms with Crippen LogP contribution in [0.15, 0.2) is 22.8 Å². The molecule has 0 spiro atoms. The molecule has 0 atom stereocenters. The fraction of sp³-hybridized carbons (Fsp3) is 0. The first-order valence-corrected chi connectivity index (χ1v) is 3.55. The number of hydrogen-bond acceptors (Lipinski definition) is 8. The Morgan fingerprint density at radius 3 is 0.688 bits per heavy atom. The van der Waals surface area contributed by atoms with Crippen LogP contribution in [-0.2, 0) is 0 Å². The van der Waals surface area contributed by atoms with Gasteiger partial charge in [0.2, 0.25) is 0 Å². The molecule has 0 aromatic rings. The lowest BCUT2D eigenvalue weighted by Gasteiger charge is -1.83. The number of nitrogens with two attached hydrogens (primary N) is 4. The van der Waals surface area contributed by atoms with Crippen molar-refractivity contribution < 1.29 is 0 Å². The summed E-state index contributed by atoms with van der Waals surface area (Å²) < 4.78 is 0. The summed E-state index contributed by atoms with van der Waals surface area (Å²) in [5, 5.41) is 31.9. The molecule has 0 aliphatic heterocycles. The van der Waals surface area contributed by atoms with E-state index in [0.717, 1.165) is 0 Å². The van der Waals surface area contributed by atoms with Gasteiger partial charge in [0, 0.05) is 0 Å². The van der Waals surface area contributed by atoms with Crippen molar-refractivity contribution in [3.05, 3.63) is 22.8 Å². The first kappa shape index (κ1) is 15.1. The van der Waals surface area contributed by atoms with Crippen LogP contribution in [0.3, 0.4) is 0 Å². The summed E-state index contributed by atoms with van der Waals surface area (Å²) >= 11 is 0. The van der Waals surface area contributed by atoms with E-state index in [-0.39, 0.29) is 22.8 Å². The maximum Gasteiger partial charge on any atom is 0.145 e. The van der Waals surface area contributed by atoms with Gasteiger partial charge in [-0.2, -0.15) is 21.0 Å². The van der Waals surface area contributed by atoms with E-state index in [1.54, 1.807) is 0 Å². The lowest BCUT2D eigenvalue weighted by atomic mass is 10.4. The minimum atomic E-state index is -0.229. The van der Waals surface area contributed by atoms with Crippen LogP contribution in [-0.4, -0.2) is 0 Å². The zero-order valence-electron chi connectivity index (χ0n) is 8.10. The van der Waals surface area contributed by atoms with Crippen LogP contribution in [0.25, 0.3) is 0 Å². The van der Waals surface area contributed by atoms with Crippen LogP contribution in [0.2, 0.25) is 0 Å². The number of allylic oxidation sites excluding steroid dienone is 4. The number of hydrogen-bond donors (Lipinski definition) is 4. The molecule has 0 aliphatic rings. The highest BCUT2D eigenvalue weighted by atomic mass is 14.7. The van der Waals surface area contributed by atoms with Crippen molar-refractivity contribution >= 4 is 0 Å². The maximum atomic E-state index is 7.97. The molecule has 0 aromatic carbocycles. The molecule has 0 fully saturated rings. The van der Waals surface area contributed by atoms with E-state index in [0.29, 0.717) is 0 Å². The second-order valence-electron chi connectivity index (χ2n) is 2.10. The summed E-state index contributed by atoms with van der Waals surface area (Å²) in [6, 6.07) is 6.10. The van der Waals surface area contributed by atoms with Gasteiger partial charge in [0.15, 0.2) is 0 Å². The summed E-state index contributed by atoms with van der Waals surface area (Å²) in [5.41, 5.74) is 18.7. The molecule has 0 amide bonds. The first-order valence-electron chi connectivity index (χ1n) is 3.55. The van der Waals surface area contributed by atoms with E-state index in [2.05, 4.69) is 0 Å². The van der Waals surface area contributed by atoms with Crippen LogP contribution >= 0.6 is 0 Å². The van der Waals surface area contributed by atoms with E-state index < -0.39 is 0 Å². The average molecular weight is 216 g/mol. The predicted molar refractivity (Wildman–Crippen MR) is 53.3 cm³/mol. The summed E-state index contributed by atoms with van der Waals surface area (Å²) in [6.07, 6.45) is 0. The summed E-state index contributed by atoms with van der Waals surface area (Å²) in [7, 11) is 0. The summed E-state index contributed by atoms with van der Waals surface area (Å²) in [4.78, 5) is 0. The molecule has 0 bridgehead atoms. The Kier molecular flexibility index (Phi) is 7.80. The Morgan fingerprint density at radius 2 is 0.625 bits per heavy atom. The third-order valence-electron chi connectivity index (χ3n) is 1.06. The quantitative estimate of drug-likeness (QED) is 0.344. The molecule has 0 rings (SSSR count). The van der Waals surface area contributed by atoms with E-state index in [1.807, 2.05) is 0 Å². The summed E-state index contributed by atoms with van der Waals surface area (Å²) in [5.74, 6) is 0. The third-order valence-corrected chi connectivity index (χ3v) is 1.06. The van der Waals surface area contributed by atoms with Gasteiger partial charge in [0.05, 0.1) is 0 Å². The molecular formula is C8H8N8. The van der Waals surface area contributed by atoms with Crippen molar-refractivity contribution in [1.82, 2.24) is 0 Å². The van der Waals surface area contributed by atoms with Crippen molar-refractivity contribution in [2.24, 2.45) is 22.9 Å². The zero-order chi connectivity index (χ0) is 13.1. The largest absolute Gasteiger partial charge is 0.388 e. The smallest absolute Gasteiger partial charge is 0.145 e. The van der Waals surface area contributed by atoms with Gasteiger partial charge in [-0.25, -0.2) is 0 Å². The molecule has 8 heteroatoms. The number of nitriles is 4. The van der Waals surface area contributed by atoms with Gasteiger partial charge in [0.25, 0.3) is 0 Å². The topological polar surface area (TPSA) is 199 Å². The molecule has 0 unspecified atom stereocenters. The molecule has 0 radical (unpaired) electrons. The minimum Gasteiger partial charge on any atom is -0.388 e. The van der Waals surface area contributed by atoms with Crippen molar-refractivity contribution in [3.8, 4) is 24.3 Å². The monoisotopic (exact) mass is 216 g/mol. The highest BCUT2D eigenvalue weighted by molar-refractivity contribution is 5.31. The van der Waals surface area contributed by atoms with E-state index in [4.69, 9.17) is 44.0 Å². The molecule has 0 saturated carbocycles. The SMILES string of the molecule is N#CC(N)=C(N)C#N.N#CC(N)=C(N)C#N. The Balaban J connectivity index is 0. The van der Waals surface area contributed by atoms with Crippen LogP contribution < -0.4 is 22.9 Å². The fourth-order valence-electron chi connectivity index (χ4n) is 0.241. The van der Waals surface area contributed by atoms with Gasteiger partial charge >= 0.3 is 0 Å². The first-order chi connectivity index (χ1) is 7.44. The van der Waals surface area contributed by atoms with Crippen LogP contribution in [0, 0.1) is 45.3 Å². The molecule has 0 heterocycles. The van der Waals surface area contributed by atoms with Gasteiger partial charge in [-0.15, -0.1) is 0 Å². The van der Waals surface area contributed by atoms with Crippen LogP contribution in [0.1, 0.15) is 0 Å².